The number of rotatable bonds is 2. The summed E-state index contributed by atoms with van der Waals surface area (Å²) in [5.41, 5.74) is 6.24. The second-order valence-corrected chi connectivity index (χ2v) is 4.43. The number of nitrogens with two attached hydrogens (primary N) is 1. The fraction of sp³-hybridized carbons (Fsp3) is 0.636. The van der Waals surface area contributed by atoms with E-state index in [1.54, 1.807) is 7.05 Å². The standard InChI is InChI=1S/C11H17N5O/c1-15-10(13)9(6-12)11(14-15)16-4-2-8(7-17)3-5-16/h8,17H,2-5,7,13H2,1H3. The number of hydrogen-bond acceptors (Lipinski definition) is 5. The molecule has 0 aromatic carbocycles. The van der Waals surface area contributed by atoms with E-state index in [4.69, 9.17) is 16.1 Å². The van der Waals surface area contributed by atoms with Gasteiger partial charge in [-0.3, -0.25) is 0 Å². The van der Waals surface area contributed by atoms with E-state index in [-0.39, 0.29) is 6.61 Å². The molecule has 1 fully saturated rings. The molecular formula is C11H17N5O. The summed E-state index contributed by atoms with van der Waals surface area (Å²) in [6.45, 7) is 1.87. The lowest BCUT2D eigenvalue weighted by atomic mass is 9.98. The number of aromatic nitrogens is 2. The maximum Gasteiger partial charge on any atom is 0.170 e. The maximum atomic E-state index is 9.09. The fourth-order valence-electron chi connectivity index (χ4n) is 2.18. The molecule has 0 unspecified atom stereocenters. The Hall–Kier alpha value is -1.74. The van der Waals surface area contributed by atoms with Crippen LogP contribution in [-0.4, -0.2) is 34.6 Å². The van der Waals surface area contributed by atoms with Gasteiger partial charge in [-0.05, 0) is 18.8 Å². The van der Waals surface area contributed by atoms with Gasteiger partial charge in [0.15, 0.2) is 5.82 Å². The van der Waals surface area contributed by atoms with Crippen LogP contribution in [0.25, 0.3) is 0 Å². The van der Waals surface area contributed by atoms with Crippen LogP contribution < -0.4 is 10.6 Å². The molecule has 1 aromatic heterocycles. The second kappa shape index (κ2) is 4.63. The minimum atomic E-state index is 0.239. The number of nitrogens with zero attached hydrogens (tertiary/aromatic N) is 4. The van der Waals surface area contributed by atoms with E-state index >= 15 is 0 Å². The highest BCUT2D eigenvalue weighted by Crippen LogP contribution is 2.27. The third-order valence-electron chi connectivity index (χ3n) is 3.36. The molecule has 2 rings (SSSR count). The average molecular weight is 235 g/mol. The van der Waals surface area contributed by atoms with Gasteiger partial charge < -0.3 is 15.7 Å². The van der Waals surface area contributed by atoms with Crippen molar-refractivity contribution in [2.24, 2.45) is 13.0 Å². The average Bonchev–Trinajstić information content (AvgIpc) is 2.65. The van der Waals surface area contributed by atoms with Crippen LogP contribution in [-0.2, 0) is 7.05 Å². The molecule has 0 atom stereocenters. The van der Waals surface area contributed by atoms with Gasteiger partial charge in [-0.1, -0.05) is 0 Å². The van der Waals surface area contributed by atoms with Crippen molar-refractivity contribution in [1.82, 2.24) is 9.78 Å². The predicted molar refractivity (Wildman–Crippen MR) is 64.4 cm³/mol. The zero-order chi connectivity index (χ0) is 12.4. The molecule has 0 radical (unpaired) electrons. The van der Waals surface area contributed by atoms with Gasteiger partial charge in [0.25, 0.3) is 0 Å². The molecule has 0 amide bonds. The monoisotopic (exact) mass is 235 g/mol. The highest BCUT2D eigenvalue weighted by molar-refractivity contribution is 5.64. The van der Waals surface area contributed by atoms with Crippen LogP contribution in [0.4, 0.5) is 11.6 Å². The molecule has 1 aromatic rings. The number of aryl methyl sites for hydroxylation is 1. The van der Waals surface area contributed by atoms with E-state index in [1.807, 2.05) is 0 Å². The molecular weight excluding hydrogens is 218 g/mol. The third kappa shape index (κ3) is 2.06. The predicted octanol–water partition coefficient (Wildman–Crippen LogP) is 0.0827. The van der Waals surface area contributed by atoms with Crippen LogP contribution in [0.15, 0.2) is 0 Å². The Morgan fingerprint density at radius 3 is 2.71 bits per heavy atom. The third-order valence-corrected chi connectivity index (χ3v) is 3.36. The first kappa shape index (κ1) is 11.7. The Morgan fingerprint density at radius 2 is 2.18 bits per heavy atom. The summed E-state index contributed by atoms with van der Waals surface area (Å²) in [7, 11) is 1.74. The molecule has 0 bridgehead atoms. The van der Waals surface area contributed by atoms with Gasteiger partial charge >= 0.3 is 0 Å². The van der Waals surface area contributed by atoms with Crippen LogP contribution in [0.1, 0.15) is 18.4 Å². The number of aliphatic hydroxyl groups is 1. The summed E-state index contributed by atoms with van der Waals surface area (Å²) in [5.74, 6) is 1.45. The topological polar surface area (TPSA) is 91.1 Å². The second-order valence-electron chi connectivity index (χ2n) is 4.43. The highest BCUT2D eigenvalue weighted by Gasteiger charge is 2.24. The van der Waals surface area contributed by atoms with Crippen molar-refractivity contribution < 1.29 is 5.11 Å². The van der Waals surface area contributed by atoms with Crippen LogP contribution >= 0.6 is 0 Å². The molecule has 2 heterocycles. The molecule has 1 aliphatic heterocycles. The lowest BCUT2D eigenvalue weighted by Crippen LogP contribution is -2.35. The van der Waals surface area contributed by atoms with E-state index in [2.05, 4.69) is 16.1 Å². The Morgan fingerprint density at radius 1 is 1.53 bits per heavy atom. The lowest BCUT2D eigenvalue weighted by Gasteiger charge is -2.31. The van der Waals surface area contributed by atoms with E-state index in [1.165, 1.54) is 4.68 Å². The normalized spacial score (nSPS) is 17.1. The lowest BCUT2D eigenvalue weighted by molar-refractivity contribution is 0.202. The van der Waals surface area contributed by atoms with E-state index in [0.29, 0.717) is 23.1 Å². The fourth-order valence-corrected chi connectivity index (χ4v) is 2.18. The van der Waals surface area contributed by atoms with E-state index in [0.717, 1.165) is 25.9 Å². The van der Waals surface area contributed by atoms with Gasteiger partial charge in [0.05, 0.1) is 0 Å². The summed E-state index contributed by atoms with van der Waals surface area (Å²) in [5, 5.41) is 22.5. The first-order valence-corrected chi connectivity index (χ1v) is 5.75. The zero-order valence-corrected chi connectivity index (χ0v) is 9.93. The molecule has 0 aliphatic carbocycles. The van der Waals surface area contributed by atoms with Crippen molar-refractivity contribution in [3.63, 3.8) is 0 Å². The molecule has 3 N–H and O–H groups in total. The minimum absolute atomic E-state index is 0.239. The summed E-state index contributed by atoms with van der Waals surface area (Å²) in [6.07, 6.45) is 1.86. The Bertz CT molecular complexity index is 439. The van der Waals surface area contributed by atoms with Crippen molar-refractivity contribution in [2.45, 2.75) is 12.8 Å². The maximum absolute atomic E-state index is 9.09. The number of hydrogen-bond donors (Lipinski definition) is 2. The molecule has 6 nitrogen and oxygen atoms in total. The molecule has 6 heteroatoms. The summed E-state index contributed by atoms with van der Waals surface area (Å²) in [6, 6.07) is 2.11. The quantitative estimate of drug-likeness (QED) is 0.757. The molecule has 1 saturated heterocycles. The van der Waals surface area contributed by atoms with E-state index in [9.17, 15) is 0 Å². The van der Waals surface area contributed by atoms with Crippen LogP contribution in [0.5, 0.6) is 0 Å². The number of aliphatic hydroxyl groups excluding tert-OH is 1. The van der Waals surface area contributed by atoms with Gasteiger partial charge in [-0.2, -0.15) is 10.4 Å². The van der Waals surface area contributed by atoms with Gasteiger partial charge in [-0.15, -0.1) is 0 Å². The van der Waals surface area contributed by atoms with Crippen LogP contribution in [0, 0.1) is 17.2 Å². The Kier molecular flexibility index (Phi) is 3.20. The molecule has 92 valence electrons. The van der Waals surface area contributed by atoms with Crippen molar-refractivity contribution in [2.75, 3.05) is 30.3 Å². The Labute approximate surface area is 100 Å². The molecule has 1 aliphatic rings. The van der Waals surface area contributed by atoms with Crippen molar-refractivity contribution >= 4 is 11.6 Å². The SMILES string of the molecule is Cn1nc(N2CCC(CO)CC2)c(C#N)c1N. The first-order chi connectivity index (χ1) is 8.17. The number of nitrogen functional groups attached to an aromatic ring is 1. The molecule has 17 heavy (non-hydrogen) atoms. The van der Waals surface area contributed by atoms with Gasteiger partial charge in [0, 0.05) is 26.7 Å². The van der Waals surface area contributed by atoms with Crippen LogP contribution in [0.3, 0.4) is 0 Å². The first-order valence-electron chi connectivity index (χ1n) is 5.75. The van der Waals surface area contributed by atoms with Crippen molar-refractivity contribution in [1.29, 1.82) is 5.26 Å². The summed E-state index contributed by atoms with van der Waals surface area (Å²) < 4.78 is 1.53. The van der Waals surface area contributed by atoms with Crippen molar-refractivity contribution in [3.05, 3.63) is 5.56 Å². The molecule has 0 saturated carbocycles. The minimum Gasteiger partial charge on any atom is -0.396 e. The summed E-state index contributed by atoms with van der Waals surface area (Å²) in [4.78, 5) is 2.07. The summed E-state index contributed by atoms with van der Waals surface area (Å²) >= 11 is 0. The largest absolute Gasteiger partial charge is 0.396 e. The van der Waals surface area contributed by atoms with E-state index < -0.39 is 0 Å². The number of piperidine rings is 1. The number of nitriles is 1. The van der Waals surface area contributed by atoms with Gasteiger partial charge in [0.2, 0.25) is 0 Å². The van der Waals surface area contributed by atoms with Crippen molar-refractivity contribution in [3.8, 4) is 6.07 Å². The number of anilines is 2. The van der Waals surface area contributed by atoms with Gasteiger partial charge in [0.1, 0.15) is 17.5 Å². The zero-order valence-electron chi connectivity index (χ0n) is 9.93. The van der Waals surface area contributed by atoms with Gasteiger partial charge in [-0.25, -0.2) is 4.68 Å². The smallest absolute Gasteiger partial charge is 0.170 e. The van der Waals surface area contributed by atoms with Crippen LogP contribution in [0.2, 0.25) is 0 Å². The molecule has 0 spiro atoms. The highest BCUT2D eigenvalue weighted by atomic mass is 16.3. The Balaban J connectivity index is 2.19.